The van der Waals surface area contributed by atoms with Crippen LogP contribution in [0.1, 0.15) is 39.0 Å². The van der Waals surface area contributed by atoms with E-state index in [9.17, 15) is 4.79 Å². The maximum Gasteiger partial charge on any atom is 0.225 e. The summed E-state index contributed by atoms with van der Waals surface area (Å²) in [5.41, 5.74) is 5.89. The molecule has 1 amide bonds. The van der Waals surface area contributed by atoms with Gasteiger partial charge in [-0.25, -0.2) is 0 Å². The molecule has 2 rings (SSSR count). The predicted octanol–water partition coefficient (Wildman–Crippen LogP) is 1.86. The molecular formula is C13H24N2OS. The Morgan fingerprint density at radius 3 is 2.71 bits per heavy atom. The lowest BCUT2D eigenvalue weighted by Crippen LogP contribution is -2.45. The van der Waals surface area contributed by atoms with Crippen LogP contribution in [-0.2, 0) is 4.79 Å². The van der Waals surface area contributed by atoms with Crippen LogP contribution < -0.4 is 5.73 Å². The van der Waals surface area contributed by atoms with Gasteiger partial charge in [-0.3, -0.25) is 4.79 Å². The Kier molecular flexibility index (Phi) is 4.74. The second-order valence-electron chi connectivity index (χ2n) is 5.30. The fourth-order valence-corrected chi connectivity index (χ4v) is 3.97. The second kappa shape index (κ2) is 6.10. The largest absolute Gasteiger partial charge is 0.341 e. The van der Waals surface area contributed by atoms with Crippen molar-refractivity contribution in [2.45, 2.75) is 50.3 Å². The second-order valence-corrected chi connectivity index (χ2v) is 6.71. The maximum atomic E-state index is 12.4. The topological polar surface area (TPSA) is 46.3 Å². The molecule has 0 spiro atoms. The van der Waals surface area contributed by atoms with Crippen LogP contribution in [0.4, 0.5) is 0 Å². The van der Waals surface area contributed by atoms with Gasteiger partial charge in [-0.15, -0.1) is 0 Å². The standard InChI is InChI=1S/C13H24N2OS/c1-2-12-9-15(7-8-17-12)13(16)10-3-5-11(14)6-4-10/h10-12H,2-9,14H2,1H3. The van der Waals surface area contributed by atoms with E-state index in [0.29, 0.717) is 17.2 Å². The molecular weight excluding hydrogens is 232 g/mol. The molecule has 0 aromatic carbocycles. The lowest BCUT2D eigenvalue weighted by molar-refractivity contribution is -0.136. The van der Waals surface area contributed by atoms with Crippen molar-refractivity contribution in [2.24, 2.45) is 11.7 Å². The predicted molar refractivity (Wildman–Crippen MR) is 73.1 cm³/mol. The van der Waals surface area contributed by atoms with Crippen molar-refractivity contribution in [3.8, 4) is 0 Å². The van der Waals surface area contributed by atoms with Gasteiger partial charge in [0.05, 0.1) is 0 Å². The van der Waals surface area contributed by atoms with Crippen LogP contribution in [0.15, 0.2) is 0 Å². The van der Waals surface area contributed by atoms with Crippen LogP contribution in [0.25, 0.3) is 0 Å². The number of carbonyl (C=O) groups is 1. The van der Waals surface area contributed by atoms with Gasteiger partial charge in [0.1, 0.15) is 0 Å². The number of nitrogens with two attached hydrogens (primary N) is 1. The van der Waals surface area contributed by atoms with Crippen LogP contribution in [0.5, 0.6) is 0 Å². The van der Waals surface area contributed by atoms with Gasteiger partial charge in [-0.1, -0.05) is 6.92 Å². The molecule has 0 aromatic rings. The van der Waals surface area contributed by atoms with Crippen molar-refractivity contribution in [3.05, 3.63) is 0 Å². The monoisotopic (exact) mass is 256 g/mol. The molecule has 2 fully saturated rings. The molecule has 1 heterocycles. The highest BCUT2D eigenvalue weighted by molar-refractivity contribution is 8.00. The number of nitrogens with zero attached hydrogens (tertiary/aromatic N) is 1. The summed E-state index contributed by atoms with van der Waals surface area (Å²) in [5, 5.41) is 0.651. The highest BCUT2D eigenvalue weighted by Crippen LogP contribution is 2.28. The highest BCUT2D eigenvalue weighted by Gasteiger charge is 2.30. The molecule has 1 aliphatic heterocycles. The Labute approximate surface area is 108 Å². The molecule has 0 aromatic heterocycles. The Balaban J connectivity index is 1.86. The third-order valence-corrected chi connectivity index (χ3v) is 5.40. The van der Waals surface area contributed by atoms with Crippen molar-refractivity contribution in [1.29, 1.82) is 0 Å². The summed E-state index contributed by atoms with van der Waals surface area (Å²) < 4.78 is 0. The summed E-state index contributed by atoms with van der Waals surface area (Å²) in [6.45, 7) is 4.12. The van der Waals surface area contributed by atoms with E-state index in [4.69, 9.17) is 5.73 Å². The zero-order valence-electron chi connectivity index (χ0n) is 10.7. The van der Waals surface area contributed by atoms with Crippen LogP contribution in [0, 0.1) is 5.92 Å². The third kappa shape index (κ3) is 3.38. The molecule has 1 aliphatic carbocycles. The van der Waals surface area contributed by atoms with Gasteiger partial charge in [-0.05, 0) is 32.1 Å². The first-order chi connectivity index (χ1) is 8.20. The Morgan fingerprint density at radius 2 is 2.06 bits per heavy atom. The lowest BCUT2D eigenvalue weighted by Gasteiger charge is -2.36. The molecule has 3 nitrogen and oxygen atoms in total. The fourth-order valence-electron chi connectivity index (χ4n) is 2.79. The van der Waals surface area contributed by atoms with Crippen molar-refractivity contribution >= 4 is 17.7 Å². The number of thioether (sulfide) groups is 1. The molecule has 1 atom stereocenters. The average Bonchev–Trinajstić information content (AvgIpc) is 2.39. The van der Waals surface area contributed by atoms with Crippen molar-refractivity contribution in [1.82, 2.24) is 4.90 Å². The van der Waals surface area contributed by atoms with Crippen molar-refractivity contribution in [2.75, 3.05) is 18.8 Å². The first-order valence-electron chi connectivity index (χ1n) is 6.86. The minimum absolute atomic E-state index is 0.260. The van der Waals surface area contributed by atoms with Gasteiger partial charge in [0.2, 0.25) is 5.91 Å². The molecule has 1 saturated heterocycles. The smallest absolute Gasteiger partial charge is 0.225 e. The Bertz CT molecular complexity index is 264. The summed E-state index contributed by atoms with van der Waals surface area (Å²) >= 11 is 2.02. The van der Waals surface area contributed by atoms with Crippen LogP contribution in [0.3, 0.4) is 0 Å². The van der Waals surface area contributed by atoms with Crippen LogP contribution in [-0.4, -0.2) is 40.9 Å². The van der Waals surface area contributed by atoms with E-state index in [-0.39, 0.29) is 5.92 Å². The van der Waals surface area contributed by atoms with Gasteiger partial charge >= 0.3 is 0 Å². The molecule has 0 radical (unpaired) electrons. The Hall–Kier alpha value is -0.220. The first-order valence-corrected chi connectivity index (χ1v) is 7.91. The summed E-state index contributed by atoms with van der Waals surface area (Å²) in [7, 11) is 0. The third-order valence-electron chi connectivity index (χ3n) is 4.03. The van der Waals surface area contributed by atoms with Gasteiger partial charge in [-0.2, -0.15) is 11.8 Å². The maximum absolute atomic E-state index is 12.4. The molecule has 1 saturated carbocycles. The van der Waals surface area contributed by atoms with Crippen LogP contribution >= 0.6 is 11.8 Å². The molecule has 1 unspecified atom stereocenters. The molecule has 17 heavy (non-hydrogen) atoms. The quantitative estimate of drug-likeness (QED) is 0.820. The minimum Gasteiger partial charge on any atom is -0.341 e. The SMILES string of the molecule is CCC1CN(C(=O)C2CCC(N)CC2)CCS1. The number of hydrogen-bond donors (Lipinski definition) is 1. The van der Waals surface area contributed by atoms with Gasteiger partial charge in [0, 0.05) is 36.1 Å². The normalized spacial score (nSPS) is 34.7. The van der Waals surface area contributed by atoms with E-state index in [0.717, 1.165) is 44.5 Å². The van der Waals surface area contributed by atoms with Gasteiger partial charge in [0.15, 0.2) is 0 Å². The fraction of sp³-hybridized carbons (Fsp3) is 0.923. The number of rotatable bonds is 2. The van der Waals surface area contributed by atoms with Crippen molar-refractivity contribution in [3.63, 3.8) is 0 Å². The van der Waals surface area contributed by atoms with Crippen LogP contribution in [0.2, 0.25) is 0 Å². The van der Waals surface area contributed by atoms with E-state index in [1.165, 1.54) is 6.42 Å². The zero-order valence-corrected chi connectivity index (χ0v) is 11.5. The number of carbonyl (C=O) groups excluding carboxylic acids is 1. The molecule has 0 bridgehead atoms. The molecule has 2 aliphatic rings. The van der Waals surface area contributed by atoms with Gasteiger partial charge in [0.25, 0.3) is 0 Å². The summed E-state index contributed by atoms with van der Waals surface area (Å²) in [6, 6.07) is 0.333. The van der Waals surface area contributed by atoms with E-state index < -0.39 is 0 Å². The van der Waals surface area contributed by atoms with E-state index >= 15 is 0 Å². The minimum atomic E-state index is 0.260. The van der Waals surface area contributed by atoms with Crippen molar-refractivity contribution < 1.29 is 4.79 Å². The average molecular weight is 256 g/mol. The van der Waals surface area contributed by atoms with Gasteiger partial charge < -0.3 is 10.6 Å². The zero-order chi connectivity index (χ0) is 12.3. The van der Waals surface area contributed by atoms with E-state index in [1.807, 2.05) is 11.8 Å². The van der Waals surface area contributed by atoms with E-state index in [2.05, 4.69) is 11.8 Å². The Morgan fingerprint density at radius 1 is 1.35 bits per heavy atom. The lowest BCUT2D eigenvalue weighted by atomic mass is 9.85. The van der Waals surface area contributed by atoms with E-state index in [1.54, 1.807) is 0 Å². The molecule has 2 N–H and O–H groups in total. The first kappa shape index (κ1) is 13.2. The highest BCUT2D eigenvalue weighted by atomic mass is 32.2. The molecule has 98 valence electrons. The molecule has 4 heteroatoms. The summed E-state index contributed by atoms with van der Waals surface area (Å²) in [4.78, 5) is 14.5. The number of amides is 1. The summed E-state index contributed by atoms with van der Waals surface area (Å²) in [6.07, 6.45) is 5.22. The number of hydrogen-bond acceptors (Lipinski definition) is 3. The summed E-state index contributed by atoms with van der Waals surface area (Å²) in [5.74, 6) is 1.77.